The van der Waals surface area contributed by atoms with Crippen LogP contribution < -0.4 is 5.32 Å². The molecule has 5 rings (SSSR count). The van der Waals surface area contributed by atoms with Crippen molar-refractivity contribution in [3.8, 4) is 0 Å². The molecule has 1 N–H and O–H groups in total. The van der Waals surface area contributed by atoms with Crippen LogP contribution in [0.4, 0.5) is 5.82 Å². The molecule has 3 aromatic rings. The molecule has 1 saturated heterocycles. The number of aromatic nitrogens is 3. The van der Waals surface area contributed by atoms with Gasteiger partial charge in [-0.15, -0.1) is 11.3 Å². The molecule has 0 aromatic carbocycles. The number of morpholine rings is 1. The molecule has 0 bridgehead atoms. The minimum atomic E-state index is 0.459. The second-order valence-electron chi connectivity index (χ2n) is 8.38. The van der Waals surface area contributed by atoms with Crippen molar-refractivity contribution >= 4 is 37.6 Å². The lowest BCUT2D eigenvalue weighted by Crippen LogP contribution is -2.37. The van der Waals surface area contributed by atoms with Crippen LogP contribution in [0.3, 0.4) is 0 Å². The van der Waals surface area contributed by atoms with Gasteiger partial charge >= 0.3 is 0 Å². The number of thiophene rings is 1. The Morgan fingerprint density at radius 2 is 2.00 bits per heavy atom. The Bertz CT molecular complexity index is 1030. The van der Waals surface area contributed by atoms with Crippen molar-refractivity contribution in [1.29, 1.82) is 0 Å². The summed E-state index contributed by atoms with van der Waals surface area (Å²) in [6.45, 7) is 10.3. The first-order valence-corrected chi connectivity index (χ1v) is 11.7. The summed E-state index contributed by atoms with van der Waals surface area (Å²) in [5.41, 5.74) is 5.33. The lowest BCUT2D eigenvalue weighted by atomic mass is 9.99. The molecule has 3 aromatic heterocycles. The van der Waals surface area contributed by atoms with E-state index >= 15 is 0 Å². The Hall–Kier alpha value is -1.83. The smallest absolute Gasteiger partial charge is 0.147 e. The summed E-state index contributed by atoms with van der Waals surface area (Å²) in [5, 5.41) is 4.85. The van der Waals surface area contributed by atoms with E-state index < -0.39 is 0 Å². The van der Waals surface area contributed by atoms with Crippen LogP contribution in [-0.2, 0) is 17.6 Å². The Morgan fingerprint density at radius 3 is 2.83 bits per heavy atom. The average Bonchev–Trinajstić information content (AvgIpc) is 3.35. The van der Waals surface area contributed by atoms with E-state index in [-0.39, 0.29) is 0 Å². The van der Waals surface area contributed by atoms with Gasteiger partial charge in [-0.1, -0.05) is 13.8 Å². The number of rotatable bonds is 6. The maximum Gasteiger partial charge on any atom is 0.147 e. The molecule has 2 aliphatic rings. The SMILES string of the molecule is CC(C)c1nc2sc3c(NCCCN4CCOCC4)ncnc3c2c2c1CCC2. The highest BCUT2D eigenvalue weighted by molar-refractivity contribution is 7.26. The molecule has 0 radical (unpaired) electrons. The van der Waals surface area contributed by atoms with Crippen LogP contribution in [0.2, 0.25) is 0 Å². The van der Waals surface area contributed by atoms with Gasteiger partial charge < -0.3 is 10.1 Å². The Labute approximate surface area is 175 Å². The number of nitrogens with one attached hydrogen (secondary N) is 1. The topological polar surface area (TPSA) is 63.2 Å². The first kappa shape index (κ1) is 19.2. The van der Waals surface area contributed by atoms with Crippen molar-refractivity contribution in [3.05, 3.63) is 23.1 Å². The molecule has 0 unspecified atom stereocenters. The zero-order valence-electron chi connectivity index (χ0n) is 17.3. The van der Waals surface area contributed by atoms with Crippen molar-refractivity contribution in [3.63, 3.8) is 0 Å². The molecule has 1 aliphatic carbocycles. The number of ether oxygens (including phenoxy) is 1. The second kappa shape index (κ2) is 8.13. The van der Waals surface area contributed by atoms with Crippen molar-refractivity contribution in [2.24, 2.45) is 0 Å². The van der Waals surface area contributed by atoms with Gasteiger partial charge in [-0.05, 0) is 49.3 Å². The van der Waals surface area contributed by atoms with E-state index in [9.17, 15) is 0 Å². The molecule has 1 aliphatic heterocycles. The Balaban J connectivity index is 1.42. The fraction of sp³-hybridized carbons (Fsp3) is 0.591. The van der Waals surface area contributed by atoms with Gasteiger partial charge in [-0.2, -0.15) is 0 Å². The first-order valence-electron chi connectivity index (χ1n) is 10.8. The van der Waals surface area contributed by atoms with Gasteiger partial charge in [0.15, 0.2) is 0 Å². The molecule has 0 amide bonds. The third-order valence-corrected chi connectivity index (χ3v) is 7.18. The first-order chi connectivity index (χ1) is 14.2. The summed E-state index contributed by atoms with van der Waals surface area (Å²) in [7, 11) is 0. The molecular weight excluding hydrogens is 382 g/mol. The predicted octanol–water partition coefficient (Wildman–Crippen LogP) is 3.99. The van der Waals surface area contributed by atoms with E-state index in [0.29, 0.717) is 5.92 Å². The third-order valence-electron chi connectivity index (χ3n) is 6.10. The summed E-state index contributed by atoms with van der Waals surface area (Å²) >= 11 is 1.75. The maximum absolute atomic E-state index is 5.43. The van der Waals surface area contributed by atoms with Gasteiger partial charge in [0.1, 0.15) is 17.0 Å². The number of pyridine rings is 1. The van der Waals surface area contributed by atoms with E-state index in [2.05, 4.69) is 34.0 Å². The molecular formula is C22H29N5OS. The van der Waals surface area contributed by atoms with Crippen LogP contribution in [0, 0.1) is 0 Å². The van der Waals surface area contributed by atoms with Gasteiger partial charge in [0.2, 0.25) is 0 Å². The quantitative estimate of drug-likeness (QED) is 0.619. The standard InChI is InChI=1S/C22H29N5OS/c1-14(2)18-16-6-3-5-15(16)17-19-20(29-22(17)26-18)21(25-13-24-19)23-7-4-8-27-9-11-28-12-10-27/h13-14H,3-12H2,1-2H3,(H,23,24,25). The zero-order valence-corrected chi connectivity index (χ0v) is 18.1. The second-order valence-corrected chi connectivity index (χ2v) is 9.38. The van der Waals surface area contributed by atoms with Crippen molar-refractivity contribution in [1.82, 2.24) is 19.9 Å². The lowest BCUT2D eigenvalue weighted by molar-refractivity contribution is 0.0378. The predicted molar refractivity (Wildman–Crippen MR) is 119 cm³/mol. The molecule has 7 heteroatoms. The molecule has 6 nitrogen and oxygen atoms in total. The summed E-state index contributed by atoms with van der Waals surface area (Å²) in [4.78, 5) is 17.9. The largest absolute Gasteiger partial charge is 0.379 e. The summed E-state index contributed by atoms with van der Waals surface area (Å²) in [5.74, 6) is 1.41. The molecule has 0 atom stereocenters. The highest BCUT2D eigenvalue weighted by atomic mass is 32.1. The number of hydrogen-bond acceptors (Lipinski definition) is 7. The van der Waals surface area contributed by atoms with Gasteiger partial charge in [-0.25, -0.2) is 15.0 Å². The van der Waals surface area contributed by atoms with Crippen LogP contribution in [0.15, 0.2) is 6.33 Å². The fourth-order valence-electron chi connectivity index (χ4n) is 4.67. The van der Waals surface area contributed by atoms with Crippen molar-refractivity contribution < 1.29 is 4.74 Å². The highest BCUT2D eigenvalue weighted by Crippen LogP contribution is 2.42. The van der Waals surface area contributed by atoms with Crippen LogP contribution in [0.25, 0.3) is 20.4 Å². The van der Waals surface area contributed by atoms with E-state index in [4.69, 9.17) is 9.72 Å². The van der Waals surface area contributed by atoms with Crippen LogP contribution in [0.5, 0.6) is 0 Å². The van der Waals surface area contributed by atoms with E-state index in [1.165, 1.54) is 28.6 Å². The number of nitrogens with zero attached hydrogens (tertiary/aromatic N) is 4. The Morgan fingerprint density at radius 1 is 1.17 bits per heavy atom. The maximum atomic E-state index is 5.43. The van der Waals surface area contributed by atoms with Gasteiger partial charge in [0, 0.05) is 30.7 Å². The van der Waals surface area contributed by atoms with Gasteiger partial charge in [0.05, 0.1) is 23.4 Å². The molecule has 0 saturated carbocycles. The van der Waals surface area contributed by atoms with Gasteiger partial charge in [0.25, 0.3) is 0 Å². The zero-order chi connectivity index (χ0) is 19.8. The average molecular weight is 412 g/mol. The Kier molecular flexibility index (Phi) is 5.37. The third kappa shape index (κ3) is 3.60. The fourth-order valence-corrected chi connectivity index (χ4v) is 5.80. The van der Waals surface area contributed by atoms with Gasteiger partial charge in [-0.3, -0.25) is 4.90 Å². The minimum absolute atomic E-state index is 0.459. The molecule has 4 heterocycles. The normalized spacial score (nSPS) is 17.5. The van der Waals surface area contributed by atoms with Crippen molar-refractivity contribution in [2.75, 3.05) is 44.7 Å². The number of anilines is 1. The number of aryl methyl sites for hydroxylation is 1. The molecule has 1 fully saturated rings. The summed E-state index contributed by atoms with van der Waals surface area (Å²) in [6, 6.07) is 0. The van der Waals surface area contributed by atoms with E-state index in [0.717, 1.165) is 79.5 Å². The molecule has 154 valence electrons. The van der Waals surface area contributed by atoms with Crippen LogP contribution in [0.1, 0.15) is 49.4 Å². The summed E-state index contributed by atoms with van der Waals surface area (Å²) in [6.07, 6.45) is 6.33. The van der Waals surface area contributed by atoms with E-state index in [1.54, 1.807) is 17.7 Å². The highest BCUT2D eigenvalue weighted by Gasteiger charge is 2.25. The van der Waals surface area contributed by atoms with Crippen molar-refractivity contribution in [2.45, 2.75) is 45.4 Å². The van der Waals surface area contributed by atoms with E-state index in [1.807, 2.05) is 0 Å². The van der Waals surface area contributed by atoms with Crippen LogP contribution >= 0.6 is 11.3 Å². The summed E-state index contributed by atoms with van der Waals surface area (Å²) < 4.78 is 6.58. The van der Waals surface area contributed by atoms with Crippen LogP contribution in [-0.4, -0.2) is 59.2 Å². The number of fused-ring (bicyclic) bond motifs is 5. The number of hydrogen-bond donors (Lipinski definition) is 1. The molecule has 0 spiro atoms. The molecule has 29 heavy (non-hydrogen) atoms. The lowest BCUT2D eigenvalue weighted by Gasteiger charge is -2.26. The monoisotopic (exact) mass is 411 g/mol. The minimum Gasteiger partial charge on any atom is -0.379 e.